The Morgan fingerprint density at radius 2 is 1.91 bits per heavy atom. The van der Waals surface area contributed by atoms with Gasteiger partial charge in [0, 0.05) is 19.2 Å². The Bertz CT molecular complexity index is 637. The summed E-state index contributed by atoms with van der Waals surface area (Å²) in [5.41, 5.74) is 4.27. The molecule has 3 nitrogen and oxygen atoms in total. The van der Waals surface area contributed by atoms with Crippen LogP contribution in [0.4, 0.5) is 0 Å². The van der Waals surface area contributed by atoms with Gasteiger partial charge < -0.3 is 10.2 Å². The van der Waals surface area contributed by atoms with Crippen LogP contribution in [0.1, 0.15) is 27.0 Å². The molecule has 0 saturated heterocycles. The zero-order chi connectivity index (χ0) is 15.9. The van der Waals surface area contributed by atoms with Crippen LogP contribution in [0.2, 0.25) is 0 Å². The SMILES string of the molecule is CNCCc1ccccc1C(=O)N(C)Cc1cccc(C)c1. The van der Waals surface area contributed by atoms with Gasteiger partial charge in [0.2, 0.25) is 0 Å². The molecule has 0 aliphatic heterocycles. The van der Waals surface area contributed by atoms with E-state index in [9.17, 15) is 4.79 Å². The van der Waals surface area contributed by atoms with Gasteiger partial charge in [0.1, 0.15) is 0 Å². The highest BCUT2D eigenvalue weighted by molar-refractivity contribution is 5.95. The van der Waals surface area contributed by atoms with Crippen molar-refractivity contribution in [2.24, 2.45) is 0 Å². The summed E-state index contributed by atoms with van der Waals surface area (Å²) in [6, 6.07) is 16.1. The van der Waals surface area contributed by atoms with Crippen LogP contribution in [0, 0.1) is 6.92 Å². The molecule has 0 aliphatic carbocycles. The third-order valence-corrected chi connectivity index (χ3v) is 3.74. The summed E-state index contributed by atoms with van der Waals surface area (Å²) in [6.45, 7) is 3.56. The fraction of sp³-hybridized carbons (Fsp3) is 0.316. The monoisotopic (exact) mass is 296 g/mol. The molecule has 22 heavy (non-hydrogen) atoms. The molecule has 0 spiro atoms. The van der Waals surface area contributed by atoms with E-state index in [1.54, 1.807) is 4.90 Å². The van der Waals surface area contributed by atoms with E-state index in [0.29, 0.717) is 6.54 Å². The van der Waals surface area contributed by atoms with Gasteiger partial charge in [-0.25, -0.2) is 0 Å². The van der Waals surface area contributed by atoms with E-state index in [1.807, 2.05) is 44.4 Å². The van der Waals surface area contributed by atoms with Crippen molar-refractivity contribution >= 4 is 5.91 Å². The van der Waals surface area contributed by atoms with E-state index in [0.717, 1.165) is 29.7 Å². The molecule has 2 aromatic carbocycles. The van der Waals surface area contributed by atoms with Crippen LogP contribution >= 0.6 is 0 Å². The van der Waals surface area contributed by atoms with Gasteiger partial charge in [-0.1, -0.05) is 48.0 Å². The lowest BCUT2D eigenvalue weighted by atomic mass is 10.0. The molecule has 1 amide bonds. The van der Waals surface area contributed by atoms with Gasteiger partial charge in [-0.3, -0.25) is 4.79 Å². The van der Waals surface area contributed by atoms with Crippen LogP contribution in [0.5, 0.6) is 0 Å². The predicted octanol–water partition coefficient (Wildman–Crippen LogP) is 3.03. The van der Waals surface area contributed by atoms with Crippen LogP contribution in [0.15, 0.2) is 48.5 Å². The smallest absolute Gasteiger partial charge is 0.254 e. The molecule has 0 bridgehead atoms. The van der Waals surface area contributed by atoms with Crippen molar-refractivity contribution in [1.29, 1.82) is 0 Å². The third-order valence-electron chi connectivity index (χ3n) is 3.74. The van der Waals surface area contributed by atoms with Crippen molar-refractivity contribution in [3.8, 4) is 0 Å². The van der Waals surface area contributed by atoms with Crippen molar-refractivity contribution in [1.82, 2.24) is 10.2 Å². The molecule has 3 heteroatoms. The maximum Gasteiger partial charge on any atom is 0.254 e. The Balaban J connectivity index is 2.13. The predicted molar refractivity (Wildman–Crippen MR) is 91.0 cm³/mol. The van der Waals surface area contributed by atoms with Gasteiger partial charge >= 0.3 is 0 Å². The number of hydrogen-bond donors (Lipinski definition) is 1. The number of rotatable bonds is 6. The molecular formula is C19H24N2O. The quantitative estimate of drug-likeness (QED) is 0.888. The van der Waals surface area contributed by atoms with Gasteiger partial charge in [-0.05, 0) is 44.1 Å². The largest absolute Gasteiger partial charge is 0.337 e. The van der Waals surface area contributed by atoms with Gasteiger partial charge in [-0.2, -0.15) is 0 Å². The first kappa shape index (κ1) is 16.2. The Labute approximate surface area is 133 Å². The molecule has 116 valence electrons. The minimum atomic E-state index is 0.0770. The van der Waals surface area contributed by atoms with Gasteiger partial charge in [-0.15, -0.1) is 0 Å². The number of benzene rings is 2. The lowest BCUT2D eigenvalue weighted by Crippen LogP contribution is -2.27. The Hall–Kier alpha value is -2.13. The molecule has 2 rings (SSSR count). The highest BCUT2D eigenvalue weighted by atomic mass is 16.2. The molecule has 0 aromatic heterocycles. The van der Waals surface area contributed by atoms with Crippen LogP contribution in [0.25, 0.3) is 0 Å². The molecule has 0 saturated carbocycles. The molecule has 2 aromatic rings. The maximum atomic E-state index is 12.7. The molecule has 0 fully saturated rings. The molecule has 0 atom stereocenters. The first-order chi connectivity index (χ1) is 10.6. The average molecular weight is 296 g/mol. The van der Waals surface area contributed by atoms with Crippen molar-refractivity contribution in [3.63, 3.8) is 0 Å². The van der Waals surface area contributed by atoms with Crippen LogP contribution in [0.3, 0.4) is 0 Å². The fourth-order valence-electron chi connectivity index (χ4n) is 2.57. The van der Waals surface area contributed by atoms with Crippen molar-refractivity contribution < 1.29 is 4.79 Å². The van der Waals surface area contributed by atoms with E-state index < -0.39 is 0 Å². The van der Waals surface area contributed by atoms with Crippen LogP contribution in [-0.4, -0.2) is 31.4 Å². The summed E-state index contributed by atoms with van der Waals surface area (Å²) in [6.07, 6.45) is 0.858. The van der Waals surface area contributed by atoms with Gasteiger partial charge in [0.15, 0.2) is 0 Å². The van der Waals surface area contributed by atoms with E-state index in [-0.39, 0.29) is 5.91 Å². The standard InChI is InChI=1S/C19H24N2O/c1-15-7-6-8-16(13-15)14-21(3)19(22)18-10-5-4-9-17(18)11-12-20-2/h4-10,13,20H,11-12,14H2,1-3H3. The molecular weight excluding hydrogens is 272 g/mol. The van der Waals surface area contributed by atoms with Crippen molar-refractivity contribution in [2.45, 2.75) is 19.9 Å². The fourth-order valence-corrected chi connectivity index (χ4v) is 2.57. The molecule has 0 radical (unpaired) electrons. The lowest BCUT2D eigenvalue weighted by molar-refractivity contribution is 0.0784. The number of carbonyl (C=O) groups excluding carboxylic acids is 1. The van der Waals surface area contributed by atoms with Crippen molar-refractivity contribution in [2.75, 3.05) is 20.6 Å². The summed E-state index contributed by atoms with van der Waals surface area (Å²) >= 11 is 0. The Kier molecular flexibility index (Phi) is 5.73. The van der Waals surface area contributed by atoms with E-state index in [4.69, 9.17) is 0 Å². The molecule has 0 heterocycles. The zero-order valence-electron chi connectivity index (χ0n) is 13.6. The summed E-state index contributed by atoms with van der Waals surface area (Å²) in [7, 11) is 3.79. The molecule has 0 aliphatic rings. The zero-order valence-corrected chi connectivity index (χ0v) is 13.6. The topological polar surface area (TPSA) is 32.3 Å². The molecule has 0 unspecified atom stereocenters. The highest BCUT2D eigenvalue weighted by Gasteiger charge is 2.15. The summed E-state index contributed by atoms with van der Waals surface area (Å²) in [5.74, 6) is 0.0770. The van der Waals surface area contributed by atoms with E-state index in [1.165, 1.54) is 5.56 Å². The first-order valence-electron chi connectivity index (χ1n) is 7.65. The highest BCUT2D eigenvalue weighted by Crippen LogP contribution is 2.14. The van der Waals surface area contributed by atoms with Crippen molar-refractivity contribution in [3.05, 3.63) is 70.8 Å². The minimum absolute atomic E-state index is 0.0770. The summed E-state index contributed by atoms with van der Waals surface area (Å²) in [5, 5.41) is 3.13. The van der Waals surface area contributed by atoms with E-state index in [2.05, 4.69) is 30.4 Å². The number of amides is 1. The summed E-state index contributed by atoms with van der Waals surface area (Å²) < 4.78 is 0. The van der Waals surface area contributed by atoms with Gasteiger partial charge in [0.05, 0.1) is 0 Å². The number of likely N-dealkylation sites (N-methyl/N-ethyl adjacent to an activating group) is 1. The number of nitrogens with zero attached hydrogens (tertiary/aromatic N) is 1. The number of hydrogen-bond acceptors (Lipinski definition) is 2. The van der Waals surface area contributed by atoms with Crippen LogP contribution < -0.4 is 5.32 Å². The molecule has 1 N–H and O–H groups in total. The number of aryl methyl sites for hydroxylation is 1. The average Bonchev–Trinajstić information content (AvgIpc) is 2.52. The number of nitrogens with one attached hydrogen (secondary N) is 1. The second-order valence-corrected chi connectivity index (χ2v) is 5.66. The van der Waals surface area contributed by atoms with Crippen LogP contribution in [-0.2, 0) is 13.0 Å². The third kappa shape index (κ3) is 4.18. The second-order valence-electron chi connectivity index (χ2n) is 5.66. The maximum absolute atomic E-state index is 12.7. The van der Waals surface area contributed by atoms with E-state index >= 15 is 0 Å². The Morgan fingerprint density at radius 3 is 2.64 bits per heavy atom. The van der Waals surface area contributed by atoms with Gasteiger partial charge in [0.25, 0.3) is 5.91 Å². The Morgan fingerprint density at radius 1 is 1.14 bits per heavy atom. The first-order valence-corrected chi connectivity index (χ1v) is 7.65. The normalized spacial score (nSPS) is 10.5. The summed E-state index contributed by atoms with van der Waals surface area (Å²) in [4.78, 5) is 14.5. The second kappa shape index (κ2) is 7.76. The number of carbonyl (C=O) groups is 1. The lowest BCUT2D eigenvalue weighted by Gasteiger charge is -2.19. The minimum Gasteiger partial charge on any atom is -0.337 e.